The van der Waals surface area contributed by atoms with Crippen LogP contribution in [0.25, 0.3) is 22.0 Å². The third kappa shape index (κ3) is 9.93. The average molecular weight is 633 g/mol. The van der Waals surface area contributed by atoms with E-state index in [2.05, 4.69) is 63.2 Å². The quantitative estimate of drug-likeness (QED) is 0.182. The standard InChI is InChI=1S/C27H34N2O4.C9H14N2S/c1-16(2)21-13-20(14-22(17(3)32-7)23(21)15-25(28)30)18-8-9-24-19(12-18)10-11-29(24)26(31)33-27(4,5)6;1-11(2)7-8-3-5-9(12-10)6-4-8/h8-14,16-17H,15H2,1-7H3,(H2,28,30);3-6H,7,10H2,1-2H3. The van der Waals surface area contributed by atoms with E-state index in [1.165, 1.54) is 22.1 Å². The Hall–Kier alpha value is -3.63. The molecule has 0 bridgehead atoms. The summed E-state index contributed by atoms with van der Waals surface area (Å²) in [6.45, 7) is 12.7. The number of fused-ring (bicyclic) bond motifs is 1. The fourth-order valence-corrected chi connectivity index (χ4v) is 5.39. The predicted octanol–water partition coefficient (Wildman–Crippen LogP) is 7.66. The van der Waals surface area contributed by atoms with Gasteiger partial charge in [-0.25, -0.2) is 4.79 Å². The van der Waals surface area contributed by atoms with Crippen molar-refractivity contribution in [2.45, 2.75) is 77.0 Å². The summed E-state index contributed by atoms with van der Waals surface area (Å²) in [5, 5.41) is 6.34. The van der Waals surface area contributed by atoms with Crippen LogP contribution in [0.15, 0.2) is 71.8 Å². The van der Waals surface area contributed by atoms with E-state index in [1.807, 2.05) is 58.0 Å². The molecule has 0 aliphatic heterocycles. The van der Waals surface area contributed by atoms with Gasteiger partial charge < -0.3 is 20.1 Å². The first-order chi connectivity index (χ1) is 21.1. The number of aromatic nitrogens is 1. The highest BCUT2D eigenvalue weighted by Crippen LogP contribution is 2.35. The molecule has 3 aromatic carbocycles. The molecule has 9 heteroatoms. The molecule has 0 aliphatic carbocycles. The lowest BCUT2D eigenvalue weighted by Gasteiger charge is -2.22. The van der Waals surface area contributed by atoms with Crippen LogP contribution >= 0.6 is 11.9 Å². The zero-order chi connectivity index (χ0) is 33.5. The summed E-state index contributed by atoms with van der Waals surface area (Å²) >= 11 is 1.28. The first kappa shape index (κ1) is 35.8. The molecular weight excluding hydrogens is 584 g/mol. The number of methoxy groups -OCH3 is 1. The molecule has 0 saturated heterocycles. The number of benzene rings is 3. The monoisotopic (exact) mass is 632 g/mol. The summed E-state index contributed by atoms with van der Waals surface area (Å²) in [4.78, 5) is 27.6. The lowest BCUT2D eigenvalue weighted by molar-refractivity contribution is -0.117. The van der Waals surface area contributed by atoms with Gasteiger partial charge in [0.2, 0.25) is 5.91 Å². The van der Waals surface area contributed by atoms with Gasteiger partial charge in [0.25, 0.3) is 0 Å². The summed E-state index contributed by atoms with van der Waals surface area (Å²) < 4.78 is 12.7. The van der Waals surface area contributed by atoms with Gasteiger partial charge in [0.05, 0.1) is 18.0 Å². The Morgan fingerprint density at radius 3 is 2.11 bits per heavy atom. The van der Waals surface area contributed by atoms with Crippen molar-refractivity contribution >= 4 is 34.9 Å². The Morgan fingerprint density at radius 2 is 1.58 bits per heavy atom. The van der Waals surface area contributed by atoms with Gasteiger partial charge in [0, 0.05) is 30.1 Å². The molecule has 1 heterocycles. The Balaban J connectivity index is 0.000000385. The third-order valence-electron chi connectivity index (χ3n) is 7.26. The van der Waals surface area contributed by atoms with Crippen molar-refractivity contribution in [1.29, 1.82) is 0 Å². The molecule has 0 saturated carbocycles. The zero-order valence-electron chi connectivity index (χ0n) is 28.0. The Labute approximate surface area is 272 Å². The molecule has 1 unspecified atom stereocenters. The van der Waals surface area contributed by atoms with Crippen LogP contribution < -0.4 is 10.9 Å². The lowest BCUT2D eigenvalue weighted by atomic mass is 9.86. The molecule has 0 radical (unpaired) electrons. The summed E-state index contributed by atoms with van der Waals surface area (Å²) in [5.41, 5.74) is 12.1. The first-order valence-electron chi connectivity index (χ1n) is 15.1. The minimum atomic E-state index is -0.567. The van der Waals surface area contributed by atoms with Crippen LogP contribution in [-0.4, -0.2) is 48.3 Å². The molecule has 4 aromatic rings. The molecule has 0 aliphatic rings. The van der Waals surface area contributed by atoms with E-state index in [4.69, 9.17) is 20.3 Å². The molecular formula is C36H48N4O4S. The maximum absolute atomic E-state index is 12.6. The number of nitrogens with two attached hydrogens (primary N) is 2. The highest BCUT2D eigenvalue weighted by atomic mass is 32.2. The lowest BCUT2D eigenvalue weighted by Crippen LogP contribution is -2.26. The normalized spacial score (nSPS) is 12.3. The minimum Gasteiger partial charge on any atom is -0.443 e. The average Bonchev–Trinajstić information content (AvgIpc) is 3.39. The number of nitrogens with zero attached hydrogens (tertiary/aromatic N) is 2. The SMILES string of the molecule is CN(C)Cc1ccc(SN)cc1.COC(C)c1cc(-c2ccc3c(ccn3C(=O)OC(C)(C)C)c2)cc(C(C)C)c1CC(N)=O. The maximum atomic E-state index is 12.6. The van der Waals surface area contributed by atoms with Crippen LogP contribution in [0, 0.1) is 0 Å². The van der Waals surface area contributed by atoms with Crippen LogP contribution in [0.3, 0.4) is 0 Å². The maximum Gasteiger partial charge on any atom is 0.418 e. The van der Waals surface area contributed by atoms with Crippen molar-refractivity contribution < 1.29 is 19.1 Å². The second kappa shape index (κ2) is 15.6. The molecule has 1 atom stereocenters. The number of amides is 1. The van der Waals surface area contributed by atoms with E-state index < -0.39 is 11.7 Å². The molecule has 8 nitrogen and oxygen atoms in total. The Kier molecular flexibility index (Phi) is 12.4. The number of ether oxygens (including phenoxy) is 2. The van der Waals surface area contributed by atoms with Gasteiger partial charge in [0.1, 0.15) is 5.60 Å². The molecule has 242 valence electrons. The third-order valence-corrected chi connectivity index (χ3v) is 7.80. The number of carbonyl (C=O) groups is 2. The van der Waals surface area contributed by atoms with E-state index in [9.17, 15) is 9.59 Å². The Morgan fingerprint density at radius 1 is 0.933 bits per heavy atom. The van der Waals surface area contributed by atoms with Crippen LogP contribution in [0.5, 0.6) is 0 Å². The topological polar surface area (TPSA) is 113 Å². The number of hydrogen-bond donors (Lipinski definition) is 2. The highest BCUT2D eigenvalue weighted by molar-refractivity contribution is 7.97. The second-order valence-corrected chi connectivity index (χ2v) is 13.5. The van der Waals surface area contributed by atoms with Crippen molar-refractivity contribution in [3.63, 3.8) is 0 Å². The van der Waals surface area contributed by atoms with Gasteiger partial charge in [-0.1, -0.05) is 38.1 Å². The van der Waals surface area contributed by atoms with E-state index in [1.54, 1.807) is 13.3 Å². The molecule has 1 aromatic heterocycles. The largest absolute Gasteiger partial charge is 0.443 e. The van der Waals surface area contributed by atoms with E-state index in [-0.39, 0.29) is 24.3 Å². The van der Waals surface area contributed by atoms with Crippen LogP contribution in [0.1, 0.15) is 75.8 Å². The number of rotatable bonds is 9. The summed E-state index contributed by atoms with van der Waals surface area (Å²) in [7, 11) is 5.78. The molecule has 4 N–H and O–H groups in total. The van der Waals surface area contributed by atoms with Crippen LogP contribution in [0.2, 0.25) is 0 Å². The smallest absolute Gasteiger partial charge is 0.418 e. The molecule has 0 spiro atoms. The van der Waals surface area contributed by atoms with Gasteiger partial charge in [-0.15, -0.1) is 0 Å². The van der Waals surface area contributed by atoms with Gasteiger partial charge in [-0.3, -0.25) is 14.5 Å². The minimum absolute atomic E-state index is 0.175. The first-order valence-corrected chi connectivity index (χ1v) is 15.9. The summed E-state index contributed by atoms with van der Waals surface area (Å²) in [6.07, 6.45) is 1.32. The molecule has 1 amide bonds. The predicted molar refractivity (Wildman–Crippen MR) is 185 cm³/mol. The Bertz CT molecular complexity index is 1600. The van der Waals surface area contributed by atoms with Gasteiger partial charge >= 0.3 is 6.09 Å². The van der Waals surface area contributed by atoms with Gasteiger partial charge in [-0.2, -0.15) is 0 Å². The van der Waals surface area contributed by atoms with E-state index in [0.717, 1.165) is 50.2 Å². The van der Waals surface area contributed by atoms with Crippen molar-refractivity contribution in [3.05, 3.63) is 89.1 Å². The fraction of sp³-hybridized carbons (Fsp3) is 0.389. The van der Waals surface area contributed by atoms with Gasteiger partial charge in [0.15, 0.2) is 0 Å². The summed E-state index contributed by atoms with van der Waals surface area (Å²) in [5.74, 6) is -0.154. The number of carbonyl (C=O) groups excluding carboxylic acids is 2. The second-order valence-electron chi connectivity index (χ2n) is 12.7. The highest BCUT2D eigenvalue weighted by Gasteiger charge is 2.21. The van der Waals surface area contributed by atoms with E-state index >= 15 is 0 Å². The molecule has 0 fully saturated rings. The van der Waals surface area contributed by atoms with Crippen molar-refractivity contribution in [2.75, 3.05) is 21.2 Å². The van der Waals surface area contributed by atoms with Crippen LogP contribution in [-0.2, 0) is 27.2 Å². The molecule has 4 rings (SSSR count). The number of primary amides is 1. The van der Waals surface area contributed by atoms with Crippen LogP contribution in [0.4, 0.5) is 4.79 Å². The van der Waals surface area contributed by atoms with Gasteiger partial charge in [-0.05, 0) is 129 Å². The van der Waals surface area contributed by atoms with Crippen molar-refractivity contribution in [3.8, 4) is 11.1 Å². The molecule has 45 heavy (non-hydrogen) atoms. The van der Waals surface area contributed by atoms with Crippen molar-refractivity contribution in [2.24, 2.45) is 10.9 Å². The zero-order valence-corrected chi connectivity index (χ0v) is 28.8. The number of hydrogen-bond acceptors (Lipinski definition) is 7. The fourth-order valence-electron chi connectivity index (χ4n) is 5.10. The van der Waals surface area contributed by atoms with E-state index in [0.29, 0.717) is 0 Å². The summed E-state index contributed by atoms with van der Waals surface area (Å²) in [6, 6.07) is 20.4. The van der Waals surface area contributed by atoms with Crippen molar-refractivity contribution in [1.82, 2.24) is 9.47 Å².